The smallest absolute Gasteiger partial charge is 0.316 e. The second-order valence-corrected chi connectivity index (χ2v) is 8.09. The van der Waals surface area contributed by atoms with Crippen LogP contribution in [0.1, 0.15) is 44.6 Å². The van der Waals surface area contributed by atoms with Crippen LogP contribution < -0.4 is 5.32 Å². The van der Waals surface area contributed by atoms with Crippen LogP contribution in [0.3, 0.4) is 0 Å². The van der Waals surface area contributed by atoms with E-state index in [2.05, 4.69) is 5.32 Å². The molecule has 0 heterocycles. The Kier molecular flexibility index (Phi) is 9.00. The molecule has 1 aromatic carbocycles. The van der Waals surface area contributed by atoms with Crippen LogP contribution in [0.15, 0.2) is 24.3 Å². The van der Waals surface area contributed by atoms with Gasteiger partial charge in [-0.3, -0.25) is 14.4 Å². The van der Waals surface area contributed by atoms with Gasteiger partial charge in [0.15, 0.2) is 6.10 Å². The molecule has 0 spiro atoms. The first-order chi connectivity index (χ1) is 13.9. The summed E-state index contributed by atoms with van der Waals surface area (Å²) in [6.07, 6.45) is 4.67. The van der Waals surface area contributed by atoms with Gasteiger partial charge in [-0.2, -0.15) is 5.26 Å². The molecule has 1 atom stereocenters. The van der Waals surface area contributed by atoms with E-state index in [0.29, 0.717) is 17.3 Å². The highest BCUT2D eigenvalue weighted by Gasteiger charge is 2.23. The molecule has 1 aliphatic rings. The van der Waals surface area contributed by atoms with Crippen LogP contribution in [-0.2, 0) is 19.1 Å². The Balaban J connectivity index is 1.68. The third kappa shape index (κ3) is 7.42. The van der Waals surface area contributed by atoms with Gasteiger partial charge >= 0.3 is 5.97 Å². The van der Waals surface area contributed by atoms with Crippen molar-refractivity contribution in [1.82, 2.24) is 4.90 Å². The second kappa shape index (κ2) is 11.5. The van der Waals surface area contributed by atoms with E-state index in [-0.39, 0.29) is 17.4 Å². The van der Waals surface area contributed by atoms with Crippen LogP contribution in [0.2, 0.25) is 0 Å². The first kappa shape index (κ1) is 22.8. The van der Waals surface area contributed by atoms with E-state index in [1.165, 1.54) is 25.1 Å². The van der Waals surface area contributed by atoms with E-state index in [0.717, 1.165) is 25.7 Å². The lowest BCUT2D eigenvalue weighted by atomic mass is 9.94. The maximum Gasteiger partial charge on any atom is 0.316 e. The number of benzene rings is 1. The number of rotatable bonds is 8. The van der Waals surface area contributed by atoms with Crippen LogP contribution in [-0.4, -0.2) is 53.4 Å². The first-order valence-electron chi connectivity index (χ1n) is 9.74. The number of thioether (sulfide) groups is 1. The van der Waals surface area contributed by atoms with Crippen LogP contribution in [0.4, 0.5) is 5.69 Å². The average Bonchev–Trinajstić information content (AvgIpc) is 2.74. The van der Waals surface area contributed by atoms with Crippen LogP contribution in [0.25, 0.3) is 0 Å². The van der Waals surface area contributed by atoms with Crippen molar-refractivity contribution >= 4 is 35.2 Å². The zero-order valence-corrected chi connectivity index (χ0v) is 17.7. The molecule has 1 saturated carbocycles. The molecule has 156 valence electrons. The predicted molar refractivity (Wildman–Crippen MR) is 112 cm³/mol. The molecule has 1 N–H and O–H groups in total. The Labute approximate surface area is 175 Å². The van der Waals surface area contributed by atoms with Crippen molar-refractivity contribution < 1.29 is 19.1 Å². The Morgan fingerprint density at radius 2 is 1.86 bits per heavy atom. The number of ether oxygens (including phenoxy) is 1. The molecule has 8 heteroatoms. The molecular formula is C21H27N3O4S. The highest BCUT2D eigenvalue weighted by atomic mass is 32.2. The summed E-state index contributed by atoms with van der Waals surface area (Å²) < 4.78 is 5.14. The molecule has 2 amide bonds. The van der Waals surface area contributed by atoms with E-state index in [1.54, 1.807) is 29.2 Å². The van der Waals surface area contributed by atoms with Crippen LogP contribution in [0.5, 0.6) is 0 Å². The normalized spacial score (nSPS) is 15.1. The molecule has 29 heavy (non-hydrogen) atoms. The lowest BCUT2D eigenvalue weighted by Crippen LogP contribution is -2.39. The van der Waals surface area contributed by atoms with Crippen molar-refractivity contribution in [2.24, 2.45) is 0 Å². The number of carbonyl (C=O) groups excluding carboxylic acids is 3. The fraction of sp³-hybridized carbons (Fsp3) is 0.524. The van der Waals surface area contributed by atoms with E-state index >= 15 is 0 Å². The average molecular weight is 418 g/mol. The van der Waals surface area contributed by atoms with E-state index in [4.69, 9.17) is 10.00 Å². The molecule has 0 aliphatic heterocycles. The van der Waals surface area contributed by atoms with Crippen LogP contribution in [0, 0.1) is 11.3 Å². The number of anilines is 1. The summed E-state index contributed by atoms with van der Waals surface area (Å²) in [6.45, 7) is 1.49. The van der Waals surface area contributed by atoms with Crippen molar-refractivity contribution in [2.75, 3.05) is 23.9 Å². The Bertz CT molecular complexity index is 754. The van der Waals surface area contributed by atoms with Gasteiger partial charge in [0.1, 0.15) is 0 Å². The van der Waals surface area contributed by atoms with Crippen molar-refractivity contribution in [3.63, 3.8) is 0 Å². The highest BCUT2D eigenvalue weighted by Crippen LogP contribution is 2.22. The summed E-state index contributed by atoms with van der Waals surface area (Å²) in [7, 11) is 1.83. The summed E-state index contributed by atoms with van der Waals surface area (Å²) in [5.41, 5.74) is 1.01. The number of nitrogens with one attached hydrogen (secondary N) is 1. The molecule has 0 unspecified atom stereocenters. The summed E-state index contributed by atoms with van der Waals surface area (Å²) in [4.78, 5) is 38.2. The number of carbonyl (C=O) groups is 3. The molecule has 7 nitrogen and oxygen atoms in total. The minimum absolute atomic E-state index is 0.0126. The predicted octanol–water partition coefficient (Wildman–Crippen LogP) is 2.95. The van der Waals surface area contributed by atoms with E-state index < -0.39 is 18.0 Å². The van der Waals surface area contributed by atoms with Crippen molar-refractivity contribution in [3.05, 3.63) is 29.8 Å². The molecule has 0 saturated heterocycles. The third-order valence-corrected chi connectivity index (χ3v) is 5.81. The third-order valence-electron chi connectivity index (χ3n) is 4.92. The SMILES string of the molecule is C[C@@H](OC(=O)CSCC(=O)N(C)C1CCCCC1)C(=O)Nc1ccc(C#N)cc1. The monoisotopic (exact) mass is 417 g/mol. The largest absolute Gasteiger partial charge is 0.452 e. The molecule has 0 aromatic heterocycles. The fourth-order valence-corrected chi connectivity index (χ4v) is 3.87. The minimum Gasteiger partial charge on any atom is -0.452 e. The van der Waals surface area contributed by atoms with Gasteiger partial charge in [-0.05, 0) is 44.0 Å². The maximum atomic E-state index is 12.3. The van der Waals surface area contributed by atoms with Crippen molar-refractivity contribution in [2.45, 2.75) is 51.2 Å². The van der Waals surface area contributed by atoms with Gasteiger partial charge < -0.3 is 15.0 Å². The summed E-state index contributed by atoms with van der Waals surface area (Å²) >= 11 is 1.20. The minimum atomic E-state index is -0.959. The number of nitrogens with zero attached hydrogens (tertiary/aromatic N) is 2. The molecule has 1 fully saturated rings. The van der Waals surface area contributed by atoms with Crippen molar-refractivity contribution in [3.8, 4) is 6.07 Å². The number of nitriles is 1. The Morgan fingerprint density at radius 1 is 1.21 bits per heavy atom. The number of hydrogen-bond donors (Lipinski definition) is 1. The topological polar surface area (TPSA) is 99.5 Å². The lowest BCUT2D eigenvalue weighted by Gasteiger charge is -2.31. The first-order valence-corrected chi connectivity index (χ1v) is 10.9. The van der Waals surface area contributed by atoms with Gasteiger partial charge in [-0.25, -0.2) is 0 Å². The van der Waals surface area contributed by atoms with Gasteiger partial charge in [0.2, 0.25) is 5.91 Å². The number of amides is 2. The molecule has 1 aromatic rings. The molecular weight excluding hydrogens is 390 g/mol. The Morgan fingerprint density at radius 3 is 2.48 bits per heavy atom. The summed E-state index contributed by atoms with van der Waals surface area (Å²) in [5.74, 6) is -0.750. The van der Waals surface area contributed by atoms with Gasteiger partial charge in [0, 0.05) is 18.8 Å². The Hall–Kier alpha value is -2.53. The van der Waals surface area contributed by atoms with E-state index in [9.17, 15) is 14.4 Å². The molecule has 0 radical (unpaired) electrons. The zero-order valence-electron chi connectivity index (χ0n) is 16.8. The van der Waals surface area contributed by atoms with E-state index in [1.807, 2.05) is 13.1 Å². The van der Waals surface area contributed by atoms with Crippen LogP contribution >= 0.6 is 11.8 Å². The molecule has 2 rings (SSSR count). The second-order valence-electron chi connectivity index (χ2n) is 7.10. The molecule has 0 bridgehead atoms. The van der Waals surface area contributed by atoms with Gasteiger partial charge in [-0.1, -0.05) is 19.3 Å². The van der Waals surface area contributed by atoms with Gasteiger partial charge in [-0.15, -0.1) is 11.8 Å². The van der Waals surface area contributed by atoms with Gasteiger partial charge in [0.05, 0.1) is 23.1 Å². The fourth-order valence-electron chi connectivity index (χ4n) is 3.15. The summed E-state index contributed by atoms with van der Waals surface area (Å²) in [5, 5.41) is 11.4. The summed E-state index contributed by atoms with van der Waals surface area (Å²) in [6, 6.07) is 8.69. The van der Waals surface area contributed by atoms with Gasteiger partial charge in [0.25, 0.3) is 5.91 Å². The van der Waals surface area contributed by atoms with Crippen molar-refractivity contribution in [1.29, 1.82) is 5.26 Å². The standard InChI is InChI=1S/C21H27N3O4S/c1-15(21(27)23-17-10-8-16(12-22)9-11-17)28-20(26)14-29-13-19(25)24(2)18-6-4-3-5-7-18/h8-11,15,18H,3-7,13-14H2,1-2H3,(H,23,27)/t15-/m1/s1. The highest BCUT2D eigenvalue weighted by molar-refractivity contribution is 8.00. The maximum absolute atomic E-state index is 12.3. The quantitative estimate of drug-likeness (QED) is 0.653. The molecule has 1 aliphatic carbocycles. The zero-order chi connectivity index (χ0) is 21.2. The number of hydrogen-bond acceptors (Lipinski definition) is 6. The lowest BCUT2D eigenvalue weighted by molar-refractivity contribution is -0.150. The number of esters is 1.